The first-order valence-electron chi connectivity index (χ1n) is 7.23. The van der Waals surface area contributed by atoms with Gasteiger partial charge in [-0.1, -0.05) is 25.0 Å². The molecule has 110 valence electrons. The van der Waals surface area contributed by atoms with Gasteiger partial charge in [-0.05, 0) is 30.5 Å². The number of anilines is 1. The van der Waals surface area contributed by atoms with E-state index in [-0.39, 0.29) is 12.6 Å². The van der Waals surface area contributed by atoms with Gasteiger partial charge in [-0.25, -0.2) is 4.79 Å². The fraction of sp³-hybridized carbons (Fsp3) is 0.533. The summed E-state index contributed by atoms with van der Waals surface area (Å²) in [7, 11) is 0. The van der Waals surface area contributed by atoms with Gasteiger partial charge in [0.15, 0.2) is 0 Å². The molecule has 2 rings (SSSR count). The standard InChI is InChI=1S/C15H23N3O2/c16-13-7-5-12(6-8-13)14(19)11-17-15(20)18-9-3-1-2-4-10-18/h5-8,14,19H,1-4,9-11,16H2,(H,17,20). The maximum atomic E-state index is 12.0. The van der Waals surface area contributed by atoms with E-state index in [1.807, 2.05) is 4.90 Å². The van der Waals surface area contributed by atoms with Crippen LogP contribution in [0.5, 0.6) is 0 Å². The molecule has 4 N–H and O–H groups in total. The second-order valence-electron chi connectivity index (χ2n) is 5.27. The van der Waals surface area contributed by atoms with Gasteiger partial charge in [-0.2, -0.15) is 0 Å². The molecule has 0 spiro atoms. The van der Waals surface area contributed by atoms with Crippen molar-refractivity contribution in [2.75, 3.05) is 25.4 Å². The first-order chi connectivity index (χ1) is 9.66. The zero-order valence-corrected chi connectivity index (χ0v) is 11.7. The third-order valence-corrected chi connectivity index (χ3v) is 3.66. The van der Waals surface area contributed by atoms with Crippen LogP contribution in [-0.4, -0.2) is 35.7 Å². The van der Waals surface area contributed by atoms with Crippen LogP contribution in [0.25, 0.3) is 0 Å². The number of nitrogens with zero attached hydrogens (tertiary/aromatic N) is 1. The number of aliphatic hydroxyl groups is 1. The maximum absolute atomic E-state index is 12.0. The van der Waals surface area contributed by atoms with Crippen LogP contribution in [0.4, 0.5) is 10.5 Å². The molecular formula is C15H23N3O2. The molecular weight excluding hydrogens is 254 g/mol. The Kier molecular flexibility index (Phi) is 5.24. The first-order valence-corrected chi connectivity index (χ1v) is 7.23. The number of carbonyl (C=O) groups excluding carboxylic acids is 1. The van der Waals surface area contributed by atoms with Crippen molar-refractivity contribution in [3.8, 4) is 0 Å². The molecule has 1 heterocycles. The largest absolute Gasteiger partial charge is 0.399 e. The molecule has 0 bridgehead atoms. The molecule has 1 fully saturated rings. The highest BCUT2D eigenvalue weighted by Crippen LogP contribution is 2.14. The molecule has 2 amide bonds. The van der Waals surface area contributed by atoms with Gasteiger partial charge >= 0.3 is 6.03 Å². The Morgan fingerprint density at radius 2 is 1.80 bits per heavy atom. The van der Waals surface area contributed by atoms with E-state index in [2.05, 4.69) is 5.32 Å². The Bertz CT molecular complexity index is 425. The van der Waals surface area contributed by atoms with Crippen LogP contribution in [0.3, 0.4) is 0 Å². The van der Waals surface area contributed by atoms with Crippen molar-refractivity contribution in [1.29, 1.82) is 0 Å². The van der Waals surface area contributed by atoms with Crippen LogP contribution in [0.1, 0.15) is 37.4 Å². The molecule has 1 aliphatic heterocycles. The van der Waals surface area contributed by atoms with Gasteiger partial charge in [0, 0.05) is 25.3 Å². The van der Waals surface area contributed by atoms with E-state index in [1.54, 1.807) is 24.3 Å². The Hall–Kier alpha value is -1.75. The molecule has 20 heavy (non-hydrogen) atoms. The summed E-state index contributed by atoms with van der Waals surface area (Å²) in [6.07, 6.45) is 3.81. The highest BCUT2D eigenvalue weighted by molar-refractivity contribution is 5.74. The number of amides is 2. The predicted octanol–water partition coefficient (Wildman–Crippen LogP) is 1.89. The van der Waals surface area contributed by atoms with Crippen molar-refractivity contribution < 1.29 is 9.90 Å². The monoisotopic (exact) mass is 277 g/mol. The molecule has 0 aliphatic carbocycles. The summed E-state index contributed by atoms with van der Waals surface area (Å²) in [5, 5.41) is 12.8. The predicted molar refractivity (Wildman–Crippen MR) is 79.3 cm³/mol. The minimum absolute atomic E-state index is 0.0820. The lowest BCUT2D eigenvalue weighted by Crippen LogP contribution is -2.42. The molecule has 0 aromatic heterocycles. The molecule has 1 unspecified atom stereocenters. The number of rotatable bonds is 3. The number of carbonyl (C=O) groups is 1. The third-order valence-electron chi connectivity index (χ3n) is 3.66. The van der Waals surface area contributed by atoms with Gasteiger partial charge in [0.25, 0.3) is 0 Å². The topological polar surface area (TPSA) is 78.6 Å². The van der Waals surface area contributed by atoms with Gasteiger partial charge < -0.3 is 21.1 Å². The molecule has 1 aliphatic rings. The lowest BCUT2D eigenvalue weighted by atomic mass is 10.1. The van der Waals surface area contributed by atoms with Crippen LogP contribution in [-0.2, 0) is 0 Å². The molecule has 5 heteroatoms. The van der Waals surface area contributed by atoms with E-state index < -0.39 is 6.10 Å². The van der Waals surface area contributed by atoms with Crippen LogP contribution in [0.2, 0.25) is 0 Å². The quantitative estimate of drug-likeness (QED) is 0.738. The number of aliphatic hydroxyl groups excluding tert-OH is 1. The van der Waals surface area contributed by atoms with Crippen LogP contribution in [0.15, 0.2) is 24.3 Å². The third kappa shape index (κ3) is 4.13. The molecule has 1 aromatic carbocycles. The maximum Gasteiger partial charge on any atom is 0.317 e. The van der Waals surface area contributed by atoms with Gasteiger partial charge in [0.05, 0.1) is 6.10 Å². The summed E-state index contributed by atoms with van der Waals surface area (Å²) in [5.41, 5.74) is 7.02. The van der Waals surface area contributed by atoms with E-state index in [4.69, 9.17) is 5.73 Å². The van der Waals surface area contributed by atoms with Crippen LogP contribution < -0.4 is 11.1 Å². The van der Waals surface area contributed by atoms with E-state index in [1.165, 1.54) is 12.8 Å². The van der Waals surface area contributed by atoms with Crippen molar-refractivity contribution in [2.24, 2.45) is 0 Å². The number of nitrogens with one attached hydrogen (secondary N) is 1. The number of likely N-dealkylation sites (tertiary alicyclic amines) is 1. The minimum Gasteiger partial charge on any atom is -0.399 e. The van der Waals surface area contributed by atoms with Crippen molar-refractivity contribution in [3.05, 3.63) is 29.8 Å². The van der Waals surface area contributed by atoms with Crippen LogP contribution >= 0.6 is 0 Å². The molecule has 0 saturated carbocycles. The number of urea groups is 1. The van der Waals surface area contributed by atoms with E-state index in [0.29, 0.717) is 5.69 Å². The Morgan fingerprint density at radius 1 is 1.20 bits per heavy atom. The minimum atomic E-state index is -0.702. The second-order valence-corrected chi connectivity index (χ2v) is 5.27. The molecule has 1 saturated heterocycles. The van der Waals surface area contributed by atoms with Crippen molar-refractivity contribution in [1.82, 2.24) is 10.2 Å². The summed E-state index contributed by atoms with van der Waals surface area (Å²) >= 11 is 0. The van der Waals surface area contributed by atoms with E-state index in [9.17, 15) is 9.90 Å². The zero-order chi connectivity index (χ0) is 14.4. The molecule has 1 atom stereocenters. The van der Waals surface area contributed by atoms with E-state index >= 15 is 0 Å². The summed E-state index contributed by atoms with van der Waals surface area (Å²) in [4.78, 5) is 13.9. The van der Waals surface area contributed by atoms with Crippen molar-refractivity contribution >= 4 is 11.7 Å². The average Bonchev–Trinajstić information content (AvgIpc) is 2.74. The lowest BCUT2D eigenvalue weighted by Gasteiger charge is -2.22. The number of hydrogen-bond donors (Lipinski definition) is 3. The molecule has 0 radical (unpaired) electrons. The fourth-order valence-electron chi connectivity index (χ4n) is 2.41. The van der Waals surface area contributed by atoms with Crippen molar-refractivity contribution in [3.63, 3.8) is 0 Å². The smallest absolute Gasteiger partial charge is 0.317 e. The van der Waals surface area contributed by atoms with Gasteiger partial charge in [0.2, 0.25) is 0 Å². The average molecular weight is 277 g/mol. The summed E-state index contributed by atoms with van der Waals surface area (Å²) < 4.78 is 0. The summed E-state index contributed by atoms with van der Waals surface area (Å²) in [6.45, 7) is 1.84. The number of nitrogen functional groups attached to an aromatic ring is 1. The number of hydrogen-bond acceptors (Lipinski definition) is 3. The summed E-state index contributed by atoms with van der Waals surface area (Å²) in [5.74, 6) is 0. The number of benzene rings is 1. The van der Waals surface area contributed by atoms with E-state index in [0.717, 1.165) is 31.5 Å². The van der Waals surface area contributed by atoms with Crippen LogP contribution in [0, 0.1) is 0 Å². The second kappa shape index (κ2) is 7.14. The SMILES string of the molecule is Nc1ccc(C(O)CNC(=O)N2CCCCCC2)cc1. The van der Waals surface area contributed by atoms with Gasteiger partial charge in [0.1, 0.15) is 0 Å². The lowest BCUT2D eigenvalue weighted by molar-refractivity contribution is 0.162. The molecule has 5 nitrogen and oxygen atoms in total. The zero-order valence-electron chi connectivity index (χ0n) is 11.7. The Balaban J connectivity index is 1.81. The van der Waals surface area contributed by atoms with Gasteiger partial charge in [-0.15, -0.1) is 0 Å². The van der Waals surface area contributed by atoms with Gasteiger partial charge in [-0.3, -0.25) is 0 Å². The fourth-order valence-corrected chi connectivity index (χ4v) is 2.41. The Morgan fingerprint density at radius 3 is 2.40 bits per heavy atom. The van der Waals surface area contributed by atoms with Crippen molar-refractivity contribution in [2.45, 2.75) is 31.8 Å². The summed E-state index contributed by atoms with van der Waals surface area (Å²) in [6, 6.07) is 6.96. The highest BCUT2D eigenvalue weighted by Gasteiger charge is 2.16. The Labute approximate surface area is 119 Å². The number of nitrogens with two attached hydrogens (primary N) is 1. The highest BCUT2D eigenvalue weighted by atomic mass is 16.3. The normalized spacial score (nSPS) is 17.4. The first kappa shape index (κ1) is 14.7. The molecule has 1 aromatic rings.